The lowest BCUT2D eigenvalue weighted by Crippen LogP contribution is -2.25. The smallest absolute Gasteiger partial charge is 0.0639 e. The molecule has 0 spiro atoms. The van der Waals surface area contributed by atoms with E-state index in [1.54, 1.807) is 0 Å². The first-order valence-electron chi connectivity index (χ1n) is 5.59. The van der Waals surface area contributed by atoms with Crippen molar-refractivity contribution < 1.29 is 5.11 Å². The van der Waals surface area contributed by atoms with Crippen LogP contribution in [0, 0.1) is 11.8 Å². The van der Waals surface area contributed by atoms with Gasteiger partial charge in [0.2, 0.25) is 0 Å². The number of hydrogen-bond acceptors (Lipinski definition) is 1. The summed E-state index contributed by atoms with van der Waals surface area (Å²) in [7, 11) is 0. The van der Waals surface area contributed by atoms with Gasteiger partial charge in [0, 0.05) is 5.92 Å². The third-order valence-electron chi connectivity index (χ3n) is 4.06. The van der Waals surface area contributed by atoms with Gasteiger partial charge >= 0.3 is 0 Å². The highest BCUT2D eigenvalue weighted by atomic mass is 16.3. The first-order valence-corrected chi connectivity index (χ1v) is 5.59. The van der Waals surface area contributed by atoms with Crippen molar-refractivity contribution in [2.45, 2.75) is 31.3 Å². The number of aliphatic hydroxyl groups is 1. The maximum absolute atomic E-state index is 10.1. The first kappa shape index (κ1) is 8.49. The van der Waals surface area contributed by atoms with E-state index in [4.69, 9.17) is 0 Å². The Morgan fingerprint density at radius 2 is 1.71 bits per heavy atom. The maximum atomic E-state index is 10.1. The van der Waals surface area contributed by atoms with Gasteiger partial charge in [-0.1, -0.05) is 30.3 Å². The number of aliphatic hydroxyl groups excluding tert-OH is 1. The lowest BCUT2D eigenvalue weighted by atomic mass is 9.81. The van der Waals surface area contributed by atoms with E-state index >= 15 is 0 Å². The molecule has 1 aromatic rings. The second kappa shape index (κ2) is 3.09. The number of hydrogen-bond donors (Lipinski definition) is 1. The van der Waals surface area contributed by atoms with Gasteiger partial charge in [0.15, 0.2) is 0 Å². The van der Waals surface area contributed by atoms with Gasteiger partial charge in [-0.3, -0.25) is 0 Å². The van der Waals surface area contributed by atoms with E-state index in [1.807, 2.05) is 6.07 Å². The van der Waals surface area contributed by atoms with Gasteiger partial charge in [0.25, 0.3) is 0 Å². The molecule has 2 fully saturated rings. The predicted octanol–water partition coefficient (Wildman–Crippen LogP) is 2.56. The van der Waals surface area contributed by atoms with Crippen molar-refractivity contribution in [1.29, 1.82) is 0 Å². The lowest BCUT2D eigenvalue weighted by molar-refractivity contribution is 0.0923. The van der Waals surface area contributed by atoms with Crippen molar-refractivity contribution in [3.05, 3.63) is 35.9 Å². The van der Waals surface area contributed by atoms with Gasteiger partial charge in [0.05, 0.1) is 6.10 Å². The topological polar surface area (TPSA) is 20.2 Å². The van der Waals surface area contributed by atoms with Gasteiger partial charge in [-0.2, -0.15) is 0 Å². The molecule has 0 aromatic heterocycles. The summed E-state index contributed by atoms with van der Waals surface area (Å²) < 4.78 is 0. The number of rotatable bonds is 1. The third-order valence-corrected chi connectivity index (χ3v) is 4.06. The average Bonchev–Trinajstić information content (AvgIpc) is 2.79. The molecule has 14 heavy (non-hydrogen) atoms. The van der Waals surface area contributed by atoms with Crippen LogP contribution in [0.2, 0.25) is 0 Å². The van der Waals surface area contributed by atoms with Crippen molar-refractivity contribution in [2.24, 2.45) is 11.8 Å². The highest BCUT2D eigenvalue weighted by Crippen LogP contribution is 2.52. The second-order valence-corrected chi connectivity index (χ2v) is 4.76. The zero-order chi connectivity index (χ0) is 9.54. The van der Waals surface area contributed by atoms with Crippen LogP contribution < -0.4 is 0 Å². The highest BCUT2D eigenvalue weighted by molar-refractivity contribution is 5.25. The Morgan fingerprint density at radius 3 is 2.36 bits per heavy atom. The number of benzene rings is 1. The molecule has 1 nitrogen and oxygen atoms in total. The van der Waals surface area contributed by atoms with Crippen molar-refractivity contribution in [3.63, 3.8) is 0 Å². The predicted molar refractivity (Wildman–Crippen MR) is 56.0 cm³/mol. The average molecular weight is 188 g/mol. The molecule has 0 radical (unpaired) electrons. The Labute approximate surface area is 84.8 Å². The van der Waals surface area contributed by atoms with E-state index in [9.17, 15) is 5.11 Å². The molecule has 3 rings (SSSR count). The molecule has 0 amide bonds. The van der Waals surface area contributed by atoms with Crippen LogP contribution in [0.5, 0.6) is 0 Å². The Balaban J connectivity index is 1.93. The molecule has 2 saturated carbocycles. The Kier molecular flexibility index (Phi) is 1.88. The molecule has 1 heteroatoms. The van der Waals surface area contributed by atoms with E-state index in [1.165, 1.54) is 24.8 Å². The molecule has 4 atom stereocenters. The molecule has 2 aliphatic rings. The number of fused-ring (bicyclic) bond motifs is 2. The van der Waals surface area contributed by atoms with Gasteiger partial charge in [-0.15, -0.1) is 0 Å². The van der Waals surface area contributed by atoms with Crippen molar-refractivity contribution in [2.75, 3.05) is 0 Å². The Bertz CT molecular complexity index is 317. The molecular weight excluding hydrogens is 172 g/mol. The molecule has 0 aliphatic heterocycles. The zero-order valence-corrected chi connectivity index (χ0v) is 8.26. The second-order valence-electron chi connectivity index (χ2n) is 4.76. The standard InChI is InChI=1S/C13H16O/c14-13-11-7-6-10(8-11)12(13)9-4-2-1-3-5-9/h1-5,10-14H,6-8H2/t10-,11+,12-,13+/m0/s1. The van der Waals surface area contributed by atoms with Crippen LogP contribution in [0.25, 0.3) is 0 Å². The van der Waals surface area contributed by atoms with E-state index < -0.39 is 0 Å². The summed E-state index contributed by atoms with van der Waals surface area (Å²) in [5.74, 6) is 1.76. The third kappa shape index (κ3) is 1.12. The minimum Gasteiger partial charge on any atom is -0.392 e. The molecule has 0 saturated heterocycles. The molecule has 2 bridgehead atoms. The van der Waals surface area contributed by atoms with Gasteiger partial charge in [0.1, 0.15) is 0 Å². The largest absolute Gasteiger partial charge is 0.392 e. The van der Waals surface area contributed by atoms with Gasteiger partial charge in [-0.05, 0) is 36.7 Å². The highest BCUT2D eigenvalue weighted by Gasteiger charge is 2.47. The minimum absolute atomic E-state index is 0.0730. The fraction of sp³-hybridized carbons (Fsp3) is 0.538. The molecular formula is C13H16O. The molecule has 0 unspecified atom stereocenters. The van der Waals surface area contributed by atoms with Crippen LogP contribution in [0.1, 0.15) is 30.7 Å². The molecule has 1 N–H and O–H groups in total. The summed E-state index contributed by atoms with van der Waals surface area (Å²) in [6.45, 7) is 0. The SMILES string of the molecule is O[C@@H]1[C@@H]2CC[C@@H](C2)[C@@H]1c1ccccc1. The first-order chi connectivity index (χ1) is 6.86. The lowest BCUT2D eigenvalue weighted by Gasteiger charge is -2.27. The van der Waals surface area contributed by atoms with Crippen molar-refractivity contribution in [1.82, 2.24) is 0 Å². The van der Waals surface area contributed by atoms with Crippen molar-refractivity contribution >= 4 is 0 Å². The minimum atomic E-state index is -0.0730. The molecule has 74 valence electrons. The summed E-state index contributed by atoms with van der Waals surface area (Å²) in [6, 6.07) is 10.5. The van der Waals surface area contributed by atoms with Crippen LogP contribution in [0.15, 0.2) is 30.3 Å². The summed E-state index contributed by atoms with van der Waals surface area (Å²) in [5, 5.41) is 10.1. The quantitative estimate of drug-likeness (QED) is 0.718. The van der Waals surface area contributed by atoms with Gasteiger partial charge < -0.3 is 5.11 Å². The normalized spacial score (nSPS) is 40.4. The summed E-state index contributed by atoms with van der Waals surface area (Å²) in [6.07, 6.45) is 3.74. The Hall–Kier alpha value is -0.820. The molecule has 2 aliphatic carbocycles. The van der Waals surface area contributed by atoms with E-state index in [0.29, 0.717) is 11.8 Å². The van der Waals surface area contributed by atoms with Crippen LogP contribution in [-0.2, 0) is 0 Å². The molecule has 0 heterocycles. The summed E-state index contributed by atoms with van der Waals surface area (Å²) in [4.78, 5) is 0. The van der Waals surface area contributed by atoms with Crippen molar-refractivity contribution in [3.8, 4) is 0 Å². The zero-order valence-electron chi connectivity index (χ0n) is 8.26. The fourth-order valence-corrected chi connectivity index (χ4v) is 3.41. The van der Waals surface area contributed by atoms with Crippen LogP contribution >= 0.6 is 0 Å². The van der Waals surface area contributed by atoms with E-state index in [2.05, 4.69) is 24.3 Å². The van der Waals surface area contributed by atoms with E-state index in [-0.39, 0.29) is 6.10 Å². The van der Waals surface area contributed by atoms with Crippen LogP contribution in [-0.4, -0.2) is 11.2 Å². The summed E-state index contributed by atoms with van der Waals surface area (Å²) >= 11 is 0. The Morgan fingerprint density at radius 1 is 1.00 bits per heavy atom. The maximum Gasteiger partial charge on any atom is 0.0639 e. The van der Waals surface area contributed by atoms with Gasteiger partial charge in [-0.25, -0.2) is 0 Å². The monoisotopic (exact) mass is 188 g/mol. The van der Waals surface area contributed by atoms with Crippen LogP contribution in [0.4, 0.5) is 0 Å². The summed E-state index contributed by atoms with van der Waals surface area (Å²) in [5.41, 5.74) is 1.34. The molecule has 1 aromatic carbocycles. The fourth-order valence-electron chi connectivity index (χ4n) is 3.41. The van der Waals surface area contributed by atoms with E-state index in [0.717, 1.165) is 5.92 Å². The van der Waals surface area contributed by atoms with Crippen LogP contribution in [0.3, 0.4) is 0 Å².